The molecule has 1 saturated heterocycles. The first-order valence-corrected chi connectivity index (χ1v) is 11.6. The van der Waals surface area contributed by atoms with Crippen molar-refractivity contribution in [1.29, 1.82) is 0 Å². The van der Waals surface area contributed by atoms with Crippen LogP contribution in [0.15, 0.2) is 42.5 Å². The van der Waals surface area contributed by atoms with Crippen molar-refractivity contribution in [2.75, 3.05) is 62.9 Å². The van der Waals surface area contributed by atoms with Gasteiger partial charge < -0.3 is 26.0 Å². The summed E-state index contributed by atoms with van der Waals surface area (Å²) in [5.41, 5.74) is 9.02. The van der Waals surface area contributed by atoms with Crippen LogP contribution in [0, 0.1) is 0 Å². The number of nitrogens with two attached hydrogens (primary N) is 1. The Morgan fingerprint density at radius 1 is 1.09 bits per heavy atom. The Morgan fingerprint density at radius 3 is 2.61 bits per heavy atom. The van der Waals surface area contributed by atoms with Crippen molar-refractivity contribution in [3.05, 3.63) is 48.0 Å². The number of piperidine rings is 1. The highest BCUT2D eigenvalue weighted by Crippen LogP contribution is 2.31. The summed E-state index contributed by atoms with van der Waals surface area (Å²) in [6, 6.07) is 14.8. The molecule has 0 saturated carbocycles. The zero-order chi connectivity index (χ0) is 23.2. The summed E-state index contributed by atoms with van der Waals surface area (Å²) in [5, 5.41) is 7.95. The standard InChI is InChI=1S/C25H35N7O/c1-31(2)22-9-6-10-23(33-3)20(22)17-32-15-11-18(12-16-32)28-24-19-7-4-5-8-21(19)29-25(30-24)27-14-13-26/h4-10,18H,11-17,26H2,1-3H3,(H2,27,28,29,30). The molecule has 0 spiro atoms. The van der Waals surface area contributed by atoms with Crippen LogP contribution < -0.4 is 26.0 Å². The van der Waals surface area contributed by atoms with Crippen molar-refractivity contribution in [2.24, 2.45) is 5.73 Å². The number of nitrogens with one attached hydrogen (secondary N) is 2. The Balaban J connectivity index is 1.44. The van der Waals surface area contributed by atoms with Crippen LogP contribution in [0.3, 0.4) is 0 Å². The molecule has 8 nitrogen and oxygen atoms in total. The molecule has 1 aliphatic heterocycles. The number of ether oxygens (including phenoxy) is 1. The SMILES string of the molecule is COc1cccc(N(C)C)c1CN1CCC(Nc2nc(NCCN)nc3ccccc23)CC1. The topological polar surface area (TPSA) is 91.6 Å². The maximum Gasteiger partial charge on any atom is 0.225 e. The number of para-hydroxylation sites is 1. The third kappa shape index (κ3) is 5.46. The van der Waals surface area contributed by atoms with Crippen LogP contribution in [0.25, 0.3) is 10.9 Å². The third-order valence-electron chi connectivity index (χ3n) is 6.15. The van der Waals surface area contributed by atoms with E-state index in [-0.39, 0.29) is 0 Å². The van der Waals surface area contributed by atoms with Gasteiger partial charge in [-0.2, -0.15) is 4.98 Å². The van der Waals surface area contributed by atoms with E-state index in [9.17, 15) is 0 Å². The normalized spacial score (nSPS) is 14.9. The second-order valence-electron chi connectivity index (χ2n) is 8.68. The van der Waals surface area contributed by atoms with Crippen LogP contribution in [-0.4, -0.2) is 68.3 Å². The van der Waals surface area contributed by atoms with Gasteiger partial charge in [0.05, 0.1) is 12.6 Å². The quantitative estimate of drug-likeness (QED) is 0.459. The molecule has 1 aliphatic rings. The van der Waals surface area contributed by atoms with Gasteiger partial charge in [0, 0.05) is 69.5 Å². The van der Waals surface area contributed by atoms with E-state index in [0.717, 1.165) is 54.9 Å². The maximum absolute atomic E-state index is 5.66. The monoisotopic (exact) mass is 449 g/mol. The van der Waals surface area contributed by atoms with Gasteiger partial charge in [-0.25, -0.2) is 4.98 Å². The van der Waals surface area contributed by atoms with Crippen LogP contribution >= 0.6 is 0 Å². The smallest absolute Gasteiger partial charge is 0.225 e. The lowest BCUT2D eigenvalue weighted by Gasteiger charge is -2.34. The summed E-state index contributed by atoms with van der Waals surface area (Å²) in [6.45, 7) is 4.11. The number of fused-ring (bicyclic) bond motifs is 1. The van der Waals surface area contributed by atoms with E-state index in [1.54, 1.807) is 7.11 Å². The molecule has 33 heavy (non-hydrogen) atoms. The highest BCUT2D eigenvalue weighted by molar-refractivity contribution is 5.90. The molecule has 0 amide bonds. The van der Waals surface area contributed by atoms with E-state index < -0.39 is 0 Å². The Hall–Kier alpha value is -3.10. The van der Waals surface area contributed by atoms with Gasteiger partial charge in [-0.1, -0.05) is 18.2 Å². The molecular weight excluding hydrogens is 414 g/mol. The average Bonchev–Trinajstić information content (AvgIpc) is 2.84. The van der Waals surface area contributed by atoms with Gasteiger partial charge in [-0.15, -0.1) is 0 Å². The summed E-state index contributed by atoms with van der Waals surface area (Å²) in [6.07, 6.45) is 2.10. The van der Waals surface area contributed by atoms with Crippen LogP contribution in [0.5, 0.6) is 5.75 Å². The van der Waals surface area contributed by atoms with Gasteiger partial charge >= 0.3 is 0 Å². The third-order valence-corrected chi connectivity index (χ3v) is 6.15. The molecule has 8 heteroatoms. The first kappa shape index (κ1) is 23.1. The number of hydrogen-bond acceptors (Lipinski definition) is 8. The number of aromatic nitrogens is 2. The van der Waals surface area contributed by atoms with Gasteiger partial charge in [0.2, 0.25) is 5.95 Å². The number of hydrogen-bond donors (Lipinski definition) is 3. The molecule has 0 atom stereocenters. The lowest BCUT2D eigenvalue weighted by molar-refractivity contribution is 0.209. The number of rotatable bonds is 9. The van der Waals surface area contributed by atoms with Crippen molar-refractivity contribution in [3.63, 3.8) is 0 Å². The lowest BCUT2D eigenvalue weighted by atomic mass is 10.0. The van der Waals surface area contributed by atoms with Gasteiger partial charge in [-0.05, 0) is 37.1 Å². The van der Waals surface area contributed by atoms with Gasteiger partial charge in [0.25, 0.3) is 0 Å². The summed E-state index contributed by atoms with van der Waals surface area (Å²) in [4.78, 5) is 14.0. The summed E-state index contributed by atoms with van der Waals surface area (Å²) >= 11 is 0. The summed E-state index contributed by atoms with van der Waals surface area (Å²) in [5.74, 6) is 2.45. The first-order valence-electron chi connectivity index (χ1n) is 11.6. The minimum atomic E-state index is 0.368. The fourth-order valence-corrected chi connectivity index (χ4v) is 4.43. The Bertz CT molecular complexity index is 1060. The number of methoxy groups -OCH3 is 1. The number of benzene rings is 2. The van der Waals surface area contributed by atoms with E-state index >= 15 is 0 Å². The van der Waals surface area contributed by atoms with Gasteiger partial charge in [0.15, 0.2) is 0 Å². The number of nitrogens with zero attached hydrogens (tertiary/aromatic N) is 4. The summed E-state index contributed by atoms with van der Waals surface area (Å²) in [7, 11) is 5.91. The van der Waals surface area contributed by atoms with Crippen LogP contribution in [0.2, 0.25) is 0 Å². The molecule has 2 heterocycles. The van der Waals surface area contributed by atoms with Crippen LogP contribution in [0.4, 0.5) is 17.5 Å². The zero-order valence-corrected chi connectivity index (χ0v) is 19.8. The molecule has 4 rings (SSSR count). The van der Waals surface area contributed by atoms with E-state index in [0.29, 0.717) is 25.1 Å². The predicted molar refractivity (Wildman–Crippen MR) is 136 cm³/mol. The second-order valence-corrected chi connectivity index (χ2v) is 8.68. The Morgan fingerprint density at radius 2 is 1.88 bits per heavy atom. The van der Waals surface area contributed by atoms with Crippen molar-refractivity contribution in [1.82, 2.24) is 14.9 Å². The molecule has 1 aromatic heterocycles. The van der Waals surface area contributed by atoms with E-state index in [1.165, 1.54) is 11.3 Å². The van der Waals surface area contributed by atoms with Crippen molar-refractivity contribution in [3.8, 4) is 5.75 Å². The highest BCUT2D eigenvalue weighted by Gasteiger charge is 2.23. The minimum Gasteiger partial charge on any atom is -0.496 e. The average molecular weight is 450 g/mol. The van der Waals surface area contributed by atoms with Gasteiger partial charge in [-0.3, -0.25) is 4.90 Å². The molecule has 0 unspecified atom stereocenters. The molecule has 176 valence electrons. The molecule has 0 bridgehead atoms. The highest BCUT2D eigenvalue weighted by atomic mass is 16.5. The molecule has 0 radical (unpaired) electrons. The summed E-state index contributed by atoms with van der Waals surface area (Å²) < 4.78 is 5.66. The first-order chi connectivity index (χ1) is 16.1. The van der Waals surface area contributed by atoms with E-state index in [2.05, 4.69) is 57.7 Å². The molecular formula is C25H35N7O. The minimum absolute atomic E-state index is 0.368. The van der Waals surface area contributed by atoms with E-state index in [1.807, 2.05) is 24.3 Å². The maximum atomic E-state index is 5.66. The number of anilines is 3. The zero-order valence-electron chi connectivity index (χ0n) is 19.8. The fourth-order valence-electron chi connectivity index (χ4n) is 4.43. The van der Waals surface area contributed by atoms with Gasteiger partial charge in [0.1, 0.15) is 11.6 Å². The second kappa shape index (κ2) is 10.7. The number of likely N-dealkylation sites (tertiary alicyclic amines) is 1. The Labute approximate surface area is 196 Å². The molecule has 0 aliphatic carbocycles. The molecule has 1 fully saturated rings. The van der Waals surface area contributed by atoms with Crippen molar-refractivity contribution in [2.45, 2.75) is 25.4 Å². The lowest BCUT2D eigenvalue weighted by Crippen LogP contribution is -2.39. The van der Waals surface area contributed by atoms with E-state index in [4.69, 9.17) is 15.5 Å². The Kier molecular flexibility index (Phi) is 7.47. The fraction of sp³-hybridized carbons (Fsp3) is 0.440. The van der Waals surface area contributed by atoms with Crippen LogP contribution in [-0.2, 0) is 6.54 Å². The van der Waals surface area contributed by atoms with Crippen LogP contribution in [0.1, 0.15) is 18.4 Å². The molecule has 3 aromatic rings. The predicted octanol–water partition coefficient (Wildman–Crippen LogP) is 3.15. The molecule has 2 aromatic carbocycles. The largest absolute Gasteiger partial charge is 0.496 e. The van der Waals surface area contributed by atoms with Crippen molar-refractivity contribution >= 4 is 28.4 Å². The van der Waals surface area contributed by atoms with Crippen molar-refractivity contribution < 1.29 is 4.74 Å². The molecule has 4 N–H and O–H groups in total.